The highest BCUT2D eigenvalue weighted by molar-refractivity contribution is 7.92. The minimum atomic E-state index is -3.81. The molecule has 35 heavy (non-hydrogen) atoms. The van der Waals surface area contributed by atoms with Crippen molar-refractivity contribution in [1.29, 1.82) is 0 Å². The molecule has 0 aliphatic carbocycles. The third-order valence-corrected chi connectivity index (χ3v) is 7.08. The topological polar surface area (TPSA) is 117 Å². The average Bonchev–Trinajstić information content (AvgIpc) is 3.47. The number of hydrogen-bond acceptors (Lipinski definition) is 8. The van der Waals surface area contributed by atoms with E-state index in [2.05, 4.69) is 25.3 Å². The fraction of sp³-hybridized carbons (Fsp3) is 0.0833. The molecule has 11 heteroatoms. The number of nitrogens with zero attached hydrogens (tertiary/aromatic N) is 6. The van der Waals surface area contributed by atoms with E-state index in [4.69, 9.17) is 4.42 Å². The number of hydrogen-bond donors (Lipinski definition) is 1. The Kier molecular flexibility index (Phi) is 4.85. The van der Waals surface area contributed by atoms with Gasteiger partial charge in [-0.3, -0.25) is 4.72 Å². The molecule has 1 aliphatic rings. The van der Waals surface area contributed by atoms with Crippen molar-refractivity contribution in [3.05, 3.63) is 78.6 Å². The summed E-state index contributed by atoms with van der Waals surface area (Å²) in [5, 5.41) is 17.2. The van der Waals surface area contributed by atoms with Crippen LogP contribution in [-0.2, 0) is 10.0 Å². The molecule has 174 valence electrons. The van der Waals surface area contributed by atoms with E-state index in [0.29, 0.717) is 28.9 Å². The fourth-order valence-electron chi connectivity index (χ4n) is 3.95. The first-order chi connectivity index (χ1) is 17.0. The van der Waals surface area contributed by atoms with Gasteiger partial charge in [0.25, 0.3) is 10.0 Å². The van der Waals surface area contributed by atoms with E-state index < -0.39 is 10.0 Å². The van der Waals surface area contributed by atoms with Crippen molar-refractivity contribution in [3.63, 3.8) is 0 Å². The molecule has 1 aliphatic heterocycles. The Morgan fingerprint density at radius 1 is 0.914 bits per heavy atom. The summed E-state index contributed by atoms with van der Waals surface area (Å²) >= 11 is 0. The summed E-state index contributed by atoms with van der Waals surface area (Å²) in [5.74, 6) is 0. The Hall–Kier alpha value is -4.51. The molecule has 0 amide bonds. The Labute approximate surface area is 200 Å². The van der Waals surface area contributed by atoms with Crippen LogP contribution in [0.4, 0.5) is 11.4 Å². The predicted molar refractivity (Wildman–Crippen MR) is 134 cm³/mol. The van der Waals surface area contributed by atoms with Gasteiger partial charge in [-0.05, 0) is 72.8 Å². The highest BCUT2D eigenvalue weighted by Crippen LogP contribution is 2.33. The van der Waals surface area contributed by atoms with Crippen molar-refractivity contribution in [2.45, 2.75) is 11.8 Å². The fourth-order valence-corrected chi connectivity index (χ4v) is 5.03. The maximum absolute atomic E-state index is 13.1. The molecule has 0 spiro atoms. The number of rotatable bonds is 5. The van der Waals surface area contributed by atoms with E-state index in [0.717, 1.165) is 22.5 Å². The Morgan fingerprint density at radius 3 is 2.49 bits per heavy atom. The minimum absolute atomic E-state index is 0.145. The Bertz CT molecular complexity index is 1730. The zero-order valence-electron chi connectivity index (χ0n) is 18.5. The molecule has 0 atom stereocenters. The van der Waals surface area contributed by atoms with Gasteiger partial charge >= 0.3 is 0 Å². The van der Waals surface area contributed by atoms with Crippen molar-refractivity contribution in [2.24, 2.45) is 15.4 Å². The second-order valence-electron chi connectivity index (χ2n) is 8.07. The number of aryl methyl sites for hydroxylation is 1. The predicted octanol–water partition coefficient (Wildman–Crippen LogP) is 5.05. The molecule has 1 N–H and O–H groups in total. The third-order valence-electron chi connectivity index (χ3n) is 5.70. The molecule has 2 aromatic heterocycles. The molecule has 0 bridgehead atoms. The van der Waals surface area contributed by atoms with Gasteiger partial charge in [-0.1, -0.05) is 0 Å². The lowest BCUT2D eigenvalue weighted by atomic mass is 10.1. The highest BCUT2D eigenvalue weighted by Gasteiger charge is 2.18. The number of nitrogens with one attached hydrogen (secondary N) is 1. The van der Waals surface area contributed by atoms with Crippen molar-refractivity contribution < 1.29 is 12.8 Å². The SMILES string of the molecule is Cc1ccn(-c2ccc(NS(=O)(=O)c3ccc4oc5cc(N6C=NN=NC6)ccc5c4c3)cc2)n1. The second kappa shape index (κ2) is 8.06. The van der Waals surface area contributed by atoms with Gasteiger partial charge in [-0.25, -0.2) is 13.1 Å². The first kappa shape index (κ1) is 21.1. The van der Waals surface area contributed by atoms with Gasteiger partial charge in [-0.15, -0.1) is 10.2 Å². The van der Waals surface area contributed by atoms with E-state index >= 15 is 0 Å². The molecular formula is C24H19N7O3S. The second-order valence-corrected chi connectivity index (χ2v) is 9.75. The molecule has 3 heterocycles. The summed E-state index contributed by atoms with van der Waals surface area (Å²) in [6, 6.07) is 19.4. The summed E-state index contributed by atoms with van der Waals surface area (Å²) in [5.41, 5.74) is 4.29. The largest absolute Gasteiger partial charge is 0.456 e. The summed E-state index contributed by atoms with van der Waals surface area (Å²) in [6.45, 7) is 2.28. The molecule has 10 nitrogen and oxygen atoms in total. The summed E-state index contributed by atoms with van der Waals surface area (Å²) in [6.07, 6.45) is 3.45. The number of aromatic nitrogens is 2. The van der Waals surface area contributed by atoms with Gasteiger partial charge in [0.2, 0.25) is 0 Å². The zero-order chi connectivity index (χ0) is 24.0. The van der Waals surface area contributed by atoms with Crippen LogP contribution in [0.2, 0.25) is 0 Å². The minimum Gasteiger partial charge on any atom is -0.456 e. The molecule has 3 aromatic carbocycles. The van der Waals surface area contributed by atoms with Gasteiger partial charge in [0.1, 0.15) is 24.2 Å². The lowest BCUT2D eigenvalue weighted by molar-refractivity contribution is 0.601. The molecule has 0 fully saturated rings. The van der Waals surface area contributed by atoms with Crippen LogP contribution >= 0.6 is 0 Å². The first-order valence-electron chi connectivity index (χ1n) is 10.7. The molecule has 0 saturated heterocycles. The van der Waals surface area contributed by atoms with E-state index in [1.54, 1.807) is 35.3 Å². The van der Waals surface area contributed by atoms with E-state index in [-0.39, 0.29) is 4.90 Å². The number of benzene rings is 3. The Balaban J connectivity index is 1.29. The van der Waals surface area contributed by atoms with Crippen molar-refractivity contribution >= 4 is 49.7 Å². The van der Waals surface area contributed by atoms with E-state index in [9.17, 15) is 8.42 Å². The Morgan fingerprint density at radius 2 is 1.74 bits per heavy atom. The zero-order valence-corrected chi connectivity index (χ0v) is 19.3. The third kappa shape index (κ3) is 3.91. The van der Waals surface area contributed by atoms with Crippen LogP contribution in [0.5, 0.6) is 0 Å². The van der Waals surface area contributed by atoms with Crippen molar-refractivity contribution in [2.75, 3.05) is 16.3 Å². The standard InChI is InChI=1S/C24H19N7O3S/c1-16-10-11-31(27-16)18-4-2-17(3-5-18)28-35(32,33)20-7-9-23-22(13-20)21-8-6-19(12-24(21)34-23)30-14-25-29-26-15-30/h2-14,28H,15H2,1H3. The maximum atomic E-state index is 13.1. The molecular weight excluding hydrogens is 466 g/mol. The molecule has 0 unspecified atom stereocenters. The number of furan rings is 1. The summed E-state index contributed by atoms with van der Waals surface area (Å²) in [4.78, 5) is 1.98. The summed E-state index contributed by atoms with van der Waals surface area (Å²) < 4.78 is 36.6. The van der Waals surface area contributed by atoms with Gasteiger partial charge in [0, 0.05) is 34.4 Å². The van der Waals surface area contributed by atoms with E-state index in [1.165, 1.54) is 6.07 Å². The lowest BCUT2D eigenvalue weighted by Gasteiger charge is -2.17. The molecule has 0 saturated carbocycles. The van der Waals surface area contributed by atoms with Crippen molar-refractivity contribution in [3.8, 4) is 5.69 Å². The van der Waals surface area contributed by atoms with Crippen LogP contribution in [0, 0.1) is 6.92 Å². The normalized spacial score (nSPS) is 13.7. The maximum Gasteiger partial charge on any atom is 0.261 e. The van der Waals surface area contributed by atoms with Gasteiger partial charge in [0.05, 0.1) is 16.3 Å². The van der Waals surface area contributed by atoms with Gasteiger partial charge < -0.3 is 9.32 Å². The van der Waals surface area contributed by atoms with Crippen LogP contribution in [0.25, 0.3) is 27.6 Å². The van der Waals surface area contributed by atoms with Crippen molar-refractivity contribution in [1.82, 2.24) is 9.78 Å². The quantitative estimate of drug-likeness (QED) is 0.374. The van der Waals surface area contributed by atoms with Gasteiger partial charge in [0.15, 0.2) is 0 Å². The highest BCUT2D eigenvalue weighted by atomic mass is 32.2. The molecule has 5 aromatic rings. The number of anilines is 2. The van der Waals surface area contributed by atoms with Crippen LogP contribution in [0.15, 0.2) is 97.7 Å². The van der Waals surface area contributed by atoms with Crippen LogP contribution in [0.1, 0.15) is 5.69 Å². The lowest BCUT2D eigenvalue weighted by Crippen LogP contribution is -2.22. The number of sulfonamides is 1. The summed E-state index contributed by atoms with van der Waals surface area (Å²) in [7, 11) is -3.81. The molecule has 0 radical (unpaired) electrons. The van der Waals surface area contributed by atoms with Crippen LogP contribution in [0.3, 0.4) is 0 Å². The average molecular weight is 486 g/mol. The van der Waals surface area contributed by atoms with Gasteiger partial charge in [-0.2, -0.15) is 5.10 Å². The smallest absolute Gasteiger partial charge is 0.261 e. The first-order valence-corrected chi connectivity index (χ1v) is 12.2. The van der Waals surface area contributed by atoms with Crippen LogP contribution < -0.4 is 9.62 Å². The molecule has 6 rings (SSSR count). The monoisotopic (exact) mass is 485 g/mol. The van der Waals surface area contributed by atoms with Crippen LogP contribution in [-0.4, -0.2) is 31.2 Å². The van der Waals surface area contributed by atoms with E-state index in [1.807, 2.05) is 54.4 Å². The number of fused-ring (bicyclic) bond motifs is 3.